The molecule has 0 spiro atoms. The molecule has 1 aliphatic heterocycles. The Labute approximate surface area is 129 Å². The van der Waals surface area contributed by atoms with Crippen LogP contribution < -0.4 is 16.2 Å². The van der Waals surface area contributed by atoms with Crippen LogP contribution in [0.2, 0.25) is 0 Å². The first-order chi connectivity index (χ1) is 9.48. The third kappa shape index (κ3) is 5.14. The van der Waals surface area contributed by atoms with Crippen LogP contribution in [-0.2, 0) is 12.6 Å². The third-order valence-electron chi connectivity index (χ3n) is 3.70. The maximum absolute atomic E-state index is 12.8. The van der Waals surface area contributed by atoms with Crippen molar-refractivity contribution < 1.29 is 13.2 Å². The van der Waals surface area contributed by atoms with E-state index < -0.39 is 11.7 Å². The molecule has 21 heavy (non-hydrogen) atoms. The molecule has 0 amide bonds. The zero-order valence-electron chi connectivity index (χ0n) is 11.8. The van der Waals surface area contributed by atoms with Crippen molar-refractivity contribution in [3.8, 4) is 0 Å². The van der Waals surface area contributed by atoms with Gasteiger partial charge in [-0.25, -0.2) is 0 Å². The molecule has 2 rings (SSSR count). The topological polar surface area (TPSA) is 36.1 Å². The van der Waals surface area contributed by atoms with Gasteiger partial charge in [0.25, 0.3) is 0 Å². The van der Waals surface area contributed by atoms with Gasteiger partial charge in [0.2, 0.25) is 0 Å². The Balaban J connectivity index is 0.00000220. The van der Waals surface area contributed by atoms with Crippen LogP contribution in [0.15, 0.2) is 24.3 Å². The van der Waals surface area contributed by atoms with Crippen molar-refractivity contribution in [2.24, 2.45) is 5.92 Å². The second kappa shape index (κ2) is 7.98. The summed E-state index contributed by atoms with van der Waals surface area (Å²) < 4.78 is 38.5. The van der Waals surface area contributed by atoms with Crippen molar-refractivity contribution in [1.82, 2.24) is 16.2 Å². The van der Waals surface area contributed by atoms with Crippen LogP contribution in [0.5, 0.6) is 0 Å². The summed E-state index contributed by atoms with van der Waals surface area (Å²) >= 11 is 0. The van der Waals surface area contributed by atoms with Crippen molar-refractivity contribution in [3.05, 3.63) is 35.4 Å². The van der Waals surface area contributed by atoms with E-state index in [1.165, 1.54) is 6.07 Å². The lowest BCUT2D eigenvalue weighted by molar-refractivity contribution is -0.138. The fourth-order valence-electron chi connectivity index (χ4n) is 2.42. The normalized spacial score (nSPS) is 22.1. The van der Waals surface area contributed by atoms with Gasteiger partial charge in [-0.15, -0.1) is 12.4 Å². The monoisotopic (exact) mass is 323 g/mol. The van der Waals surface area contributed by atoms with Crippen LogP contribution in [0, 0.1) is 5.92 Å². The van der Waals surface area contributed by atoms with Crippen molar-refractivity contribution >= 4 is 12.4 Å². The van der Waals surface area contributed by atoms with E-state index in [1.807, 2.05) is 0 Å². The average Bonchev–Trinajstić information content (AvgIpc) is 2.80. The Morgan fingerprint density at radius 3 is 2.62 bits per heavy atom. The van der Waals surface area contributed by atoms with Crippen molar-refractivity contribution in [1.29, 1.82) is 0 Å². The quantitative estimate of drug-likeness (QED) is 0.728. The van der Waals surface area contributed by atoms with Crippen molar-refractivity contribution in [2.45, 2.75) is 25.6 Å². The van der Waals surface area contributed by atoms with Gasteiger partial charge >= 0.3 is 6.18 Å². The molecule has 3 N–H and O–H groups in total. The lowest BCUT2D eigenvalue weighted by atomic mass is 10.0. The lowest BCUT2D eigenvalue weighted by Gasteiger charge is -2.16. The Hall–Kier alpha value is -0.820. The molecule has 2 unspecified atom stereocenters. The van der Waals surface area contributed by atoms with E-state index in [0.29, 0.717) is 30.5 Å². The molecule has 1 aromatic carbocycles. The van der Waals surface area contributed by atoms with E-state index in [2.05, 4.69) is 23.1 Å². The van der Waals surface area contributed by atoms with E-state index in [4.69, 9.17) is 0 Å². The average molecular weight is 324 g/mol. The highest BCUT2D eigenvalue weighted by Crippen LogP contribution is 2.31. The van der Waals surface area contributed by atoms with E-state index in [1.54, 1.807) is 12.1 Å². The summed E-state index contributed by atoms with van der Waals surface area (Å²) in [6, 6.07) is 6.15. The molecule has 0 saturated carbocycles. The summed E-state index contributed by atoms with van der Waals surface area (Å²) in [6.45, 7) is 4.32. The van der Waals surface area contributed by atoms with Gasteiger partial charge in [0.05, 0.1) is 5.56 Å². The molecule has 120 valence electrons. The summed E-state index contributed by atoms with van der Waals surface area (Å²) in [6.07, 6.45) is -3.89. The SMILES string of the molecule is CC1NNCC1CNCCc1ccccc1C(F)(F)F.Cl. The largest absolute Gasteiger partial charge is 0.416 e. The molecular weight excluding hydrogens is 303 g/mol. The van der Waals surface area contributed by atoms with E-state index >= 15 is 0 Å². The van der Waals surface area contributed by atoms with Gasteiger partial charge in [-0.2, -0.15) is 13.2 Å². The fourth-order valence-corrected chi connectivity index (χ4v) is 2.42. The number of benzene rings is 1. The van der Waals surface area contributed by atoms with Gasteiger partial charge in [0.1, 0.15) is 0 Å². The zero-order chi connectivity index (χ0) is 14.6. The molecule has 1 heterocycles. The van der Waals surface area contributed by atoms with Crippen LogP contribution in [0.25, 0.3) is 0 Å². The van der Waals surface area contributed by atoms with Crippen LogP contribution in [0.3, 0.4) is 0 Å². The highest BCUT2D eigenvalue weighted by molar-refractivity contribution is 5.85. The van der Waals surface area contributed by atoms with Gasteiger partial charge in [-0.3, -0.25) is 10.9 Å². The maximum Gasteiger partial charge on any atom is 0.416 e. The minimum absolute atomic E-state index is 0. The predicted molar refractivity (Wildman–Crippen MR) is 79.4 cm³/mol. The highest BCUT2D eigenvalue weighted by Gasteiger charge is 2.32. The smallest absolute Gasteiger partial charge is 0.316 e. The van der Waals surface area contributed by atoms with Crippen molar-refractivity contribution in [3.63, 3.8) is 0 Å². The van der Waals surface area contributed by atoms with Crippen LogP contribution >= 0.6 is 12.4 Å². The molecule has 1 aromatic rings. The summed E-state index contributed by atoms with van der Waals surface area (Å²) in [4.78, 5) is 0. The summed E-state index contributed by atoms with van der Waals surface area (Å²) in [7, 11) is 0. The number of rotatable bonds is 5. The number of hydrogen-bond donors (Lipinski definition) is 3. The fraction of sp³-hybridized carbons (Fsp3) is 0.571. The highest BCUT2D eigenvalue weighted by atomic mass is 35.5. The van der Waals surface area contributed by atoms with E-state index in [9.17, 15) is 13.2 Å². The molecule has 1 fully saturated rings. The Morgan fingerprint density at radius 2 is 2.00 bits per heavy atom. The summed E-state index contributed by atoms with van der Waals surface area (Å²) in [5.74, 6) is 0.466. The number of halogens is 4. The lowest BCUT2D eigenvalue weighted by Crippen LogP contribution is -2.33. The third-order valence-corrected chi connectivity index (χ3v) is 3.70. The zero-order valence-corrected chi connectivity index (χ0v) is 12.7. The predicted octanol–water partition coefficient (Wildman–Crippen LogP) is 2.37. The van der Waals surface area contributed by atoms with Gasteiger partial charge in [-0.1, -0.05) is 18.2 Å². The summed E-state index contributed by atoms with van der Waals surface area (Å²) in [5.41, 5.74) is 6.01. The number of nitrogens with one attached hydrogen (secondary N) is 3. The number of hydrogen-bond acceptors (Lipinski definition) is 3. The minimum atomic E-state index is -4.27. The van der Waals surface area contributed by atoms with Gasteiger partial charge in [-0.05, 0) is 31.5 Å². The molecule has 2 atom stereocenters. The minimum Gasteiger partial charge on any atom is -0.316 e. The molecule has 0 bridgehead atoms. The molecular formula is C14H21ClF3N3. The molecule has 7 heteroatoms. The number of hydrazine groups is 1. The van der Waals surface area contributed by atoms with E-state index in [-0.39, 0.29) is 12.4 Å². The van der Waals surface area contributed by atoms with Crippen molar-refractivity contribution in [2.75, 3.05) is 19.6 Å². The second-order valence-electron chi connectivity index (χ2n) is 5.18. The first-order valence-electron chi connectivity index (χ1n) is 6.82. The number of alkyl halides is 3. The van der Waals surface area contributed by atoms with Gasteiger partial charge < -0.3 is 5.32 Å². The summed E-state index contributed by atoms with van der Waals surface area (Å²) in [5, 5.41) is 3.24. The first-order valence-corrected chi connectivity index (χ1v) is 6.82. The van der Waals surface area contributed by atoms with Crippen LogP contribution in [0.1, 0.15) is 18.1 Å². The van der Waals surface area contributed by atoms with E-state index in [0.717, 1.165) is 19.2 Å². The molecule has 0 aromatic heterocycles. The Morgan fingerprint density at radius 1 is 1.29 bits per heavy atom. The van der Waals surface area contributed by atoms with Crippen LogP contribution in [0.4, 0.5) is 13.2 Å². The Bertz CT molecular complexity index is 440. The molecule has 0 aliphatic carbocycles. The van der Waals surface area contributed by atoms with Crippen LogP contribution in [-0.4, -0.2) is 25.7 Å². The Kier molecular flexibility index (Phi) is 6.93. The first kappa shape index (κ1) is 18.2. The molecule has 0 radical (unpaired) electrons. The second-order valence-corrected chi connectivity index (χ2v) is 5.18. The maximum atomic E-state index is 12.8. The molecule has 1 aliphatic rings. The van der Waals surface area contributed by atoms with Gasteiger partial charge in [0.15, 0.2) is 0 Å². The standard InChI is InChI=1S/C14H20F3N3.ClH/c1-10-12(9-19-20-10)8-18-7-6-11-4-2-3-5-13(11)14(15,16)17;/h2-5,10,12,18-20H,6-9H2,1H3;1H. The molecule has 3 nitrogen and oxygen atoms in total. The molecule has 1 saturated heterocycles. The van der Waals surface area contributed by atoms with Gasteiger partial charge in [0, 0.05) is 25.0 Å².